The van der Waals surface area contributed by atoms with Crippen LogP contribution in [0, 0.1) is 6.92 Å². The van der Waals surface area contributed by atoms with Crippen molar-refractivity contribution in [1.82, 2.24) is 29.8 Å². The highest BCUT2D eigenvalue weighted by molar-refractivity contribution is 5.86. The largest absolute Gasteiger partial charge is 0.345 e. The third-order valence-electron chi connectivity index (χ3n) is 4.45. The van der Waals surface area contributed by atoms with E-state index in [1.165, 1.54) is 6.42 Å². The van der Waals surface area contributed by atoms with Gasteiger partial charge in [-0.05, 0) is 33.1 Å². The van der Waals surface area contributed by atoms with Gasteiger partial charge < -0.3 is 10.2 Å². The van der Waals surface area contributed by atoms with Gasteiger partial charge >= 0.3 is 0 Å². The smallest absolute Gasteiger partial charge is 0.242 e. The summed E-state index contributed by atoms with van der Waals surface area (Å²) >= 11 is 0. The summed E-state index contributed by atoms with van der Waals surface area (Å²) in [6.07, 6.45) is 5.00. The number of aryl methyl sites for hydroxylation is 2. The monoisotopic (exact) mass is 332 g/mol. The third kappa shape index (κ3) is 3.27. The minimum Gasteiger partial charge on any atom is -0.345 e. The number of carbonyl (C=O) groups is 2. The number of aromatic nitrogens is 4. The van der Waals surface area contributed by atoms with Crippen LogP contribution in [-0.4, -0.2) is 55.9 Å². The molecule has 0 radical (unpaired) electrons. The van der Waals surface area contributed by atoms with Gasteiger partial charge in [-0.3, -0.25) is 19.0 Å². The Hall–Kier alpha value is -2.38. The van der Waals surface area contributed by atoms with Gasteiger partial charge in [-0.25, -0.2) is 0 Å². The van der Waals surface area contributed by atoms with Crippen molar-refractivity contribution < 1.29 is 9.59 Å². The standard InChI is InChI=1S/C16H24N6O2/c1-3-21-13-9-18-22(16(13)12(2)19-21)11-14(23)17-10-15(24)20-7-5-4-6-8-20/h9H,3-8,10-11H2,1-2H3,(H,17,23). The maximum atomic E-state index is 12.2. The molecule has 2 aromatic rings. The van der Waals surface area contributed by atoms with Crippen molar-refractivity contribution in [2.45, 2.75) is 46.2 Å². The van der Waals surface area contributed by atoms with Gasteiger partial charge in [0.25, 0.3) is 0 Å². The minimum atomic E-state index is -0.214. The van der Waals surface area contributed by atoms with Gasteiger partial charge in [0.05, 0.1) is 18.4 Å². The van der Waals surface area contributed by atoms with Crippen molar-refractivity contribution in [3.8, 4) is 0 Å². The van der Waals surface area contributed by atoms with E-state index in [-0.39, 0.29) is 24.9 Å². The van der Waals surface area contributed by atoms with E-state index >= 15 is 0 Å². The molecule has 24 heavy (non-hydrogen) atoms. The van der Waals surface area contributed by atoms with Crippen molar-refractivity contribution >= 4 is 22.8 Å². The van der Waals surface area contributed by atoms with Crippen LogP contribution in [0.5, 0.6) is 0 Å². The summed E-state index contributed by atoms with van der Waals surface area (Å²) in [4.78, 5) is 26.1. The molecule has 0 atom stereocenters. The molecule has 0 aromatic carbocycles. The van der Waals surface area contributed by atoms with E-state index < -0.39 is 0 Å². The number of carbonyl (C=O) groups excluding carboxylic acids is 2. The minimum absolute atomic E-state index is 0.0105. The zero-order chi connectivity index (χ0) is 17.1. The van der Waals surface area contributed by atoms with Crippen LogP contribution in [0.3, 0.4) is 0 Å². The lowest BCUT2D eigenvalue weighted by molar-refractivity contribution is -0.133. The second kappa shape index (κ2) is 7.02. The molecule has 1 aliphatic rings. The molecular formula is C16H24N6O2. The van der Waals surface area contributed by atoms with Crippen LogP contribution in [0.15, 0.2) is 6.20 Å². The zero-order valence-electron chi connectivity index (χ0n) is 14.3. The fourth-order valence-electron chi connectivity index (χ4n) is 3.20. The van der Waals surface area contributed by atoms with Crippen LogP contribution in [0.2, 0.25) is 0 Å². The lowest BCUT2D eigenvalue weighted by Gasteiger charge is -2.26. The number of fused-ring (bicyclic) bond motifs is 1. The topological polar surface area (TPSA) is 85.0 Å². The lowest BCUT2D eigenvalue weighted by atomic mass is 10.1. The van der Waals surface area contributed by atoms with Crippen LogP contribution >= 0.6 is 0 Å². The molecule has 0 saturated carbocycles. The molecule has 0 aliphatic carbocycles. The number of hydrogen-bond acceptors (Lipinski definition) is 4. The van der Waals surface area contributed by atoms with Gasteiger partial charge in [-0.15, -0.1) is 0 Å². The maximum Gasteiger partial charge on any atom is 0.242 e. The van der Waals surface area contributed by atoms with Crippen LogP contribution in [-0.2, 0) is 22.7 Å². The molecule has 1 fully saturated rings. The first-order valence-electron chi connectivity index (χ1n) is 8.53. The molecule has 2 aromatic heterocycles. The Labute approximate surface area is 140 Å². The molecular weight excluding hydrogens is 308 g/mol. The number of nitrogens with zero attached hydrogens (tertiary/aromatic N) is 5. The molecule has 8 heteroatoms. The van der Waals surface area contributed by atoms with Gasteiger partial charge in [0.1, 0.15) is 17.6 Å². The Kier molecular flexibility index (Phi) is 4.82. The summed E-state index contributed by atoms with van der Waals surface area (Å²) in [5, 5.41) is 11.4. The van der Waals surface area contributed by atoms with E-state index in [1.807, 2.05) is 23.4 Å². The normalized spacial score (nSPS) is 15.0. The summed E-state index contributed by atoms with van der Waals surface area (Å²) in [5.41, 5.74) is 2.64. The van der Waals surface area contributed by atoms with E-state index in [9.17, 15) is 9.59 Å². The number of amides is 2. The molecule has 0 spiro atoms. The van der Waals surface area contributed by atoms with Crippen LogP contribution in [0.4, 0.5) is 0 Å². The average Bonchev–Trinajstić information content (AvgIpc) is 3.15. The summed E-state index contributed by atoms with van der Waals surface area (Å²) in [5.74, 6) is -0.224. The summed E-state index contributed by atoms with van der Waals surface area (Å²) in [6, 6.07) is 0. The number of rotatable bonds is 5. The summed E-state index contributed by atoms with van der Waals surface area (Å²) < 4.78 is 3.51. The Morgan fingerprint density at radius 2 is 1.96 bits per heavy atom. The molecule has 1 N–H and O–H groups in total. The molecule has 0 bridgehead atoms. The van der Waals surface area contributed by atoms with Crippen molar-refractivity contribution in [2.24, 2.45) is 0 Å². The molecule has 3 rings (SSSR count). The fourth-order valence-corrected chi connectivity index (χ4v) is 3.20. The Bertz CT molecular complexity index is 741. The van der Waals surface area contributed by atoms with E-state index in [2.05, 4.69) is 15.5 Å². The average molecular weight is 332 g/mol. The van der Waals surface area contributed by atoms with Gasteiger partial charge in [0.2, 0.25) is 11.8 Å². The molecule has 1 saturated heterocycles. The van der Waals surface area contributed by atoms with Gasteiger partial charge in [-0.1, -0.05) is 0 Å². The van der Waals surface area contributed by atoms with Crippen molar-refractivity contribution in [2.75, 3.05) is 19.6 Å². The first kappa shape index (κ1) is 16.5. The quantitative estimate of drug-likeness (QED) is 0.873. The predicted molar refractivity (Wildman–Crippen MR) is 89.4 cm³/mol. The number of hydrogen-bond donors (Lipinski definition) is 1. The SMILES string of the molecule is CCn1nc(C)c2c1cnn2CC(=O)NCC(=O)N1CCCCC1. The Morgan fingerprint density at radius 3 is 2.67 bits per heavy atom. The van der Waals surface area contributed by atoms with Crippen molar-refractivity contribution in [1.29, 1.82) is 0 Å². The maximum absolute atomic E-state index is 12.2. The number of piperidine rings is 1. The van der Waals surface area contributed by atoms with E-state index in [1.54, 1.807) is 10.9 Å². The molecule has 8 nitrogen and oxygen atoms in total. The molecule has 0 unspecified atom stereocenters. The second-order valence-corrected chi connectivity index (χ2v) is 6.16. The van der Waals surface area contributed by atoms with Gasteiger partial charge in [0, 0.05) is 19.6 Å². The number of nitrogens with one attached hydrogen (secondary N) is 1. The fraction of sp³-hybridized carbons (Fsp3) is 0.625. The highest BCUT2D eigenvalue weighted by atomic mass is 16.2. The van der Waals surface area contributed by atoms with Gasteiger partial charge in [0.15, 0.2) is 0 Å². The summed E-state index contributed by atoms with van der Waals surface area (Å²) in [7, 11) is 0. The zero-order valence-corrected chi connectivity index (χ0v) is 14.3. The van der Waals surface area contributed by atoms with E-state index in [0.29, 0.717) is 0 Å². The molecule has 1 aliphatic heterocycles. The van der Waals surface area contributed by atoms with Crippen molar-refractivity contribution in [3.63, 3.8) is 0 Å². The lowest BCUT2D eigenvalue weighted by Crippen LogP contribution is -2.43. The van der Waals surface area contributed by atoms with Crippen LogP contribution < -0.4 is 5.32 Å². The van der Waals surface area contributed by atoms with E-state index in [4.69, 9.17) is 0 Å². The first-order valence-corrected chi connectivity index (χ1v) is 8.53. The number of likely N-dealkylation sites (tertiary alicyclic amines) is 1. The Balaban J connectivity index is 1.59. The predicted octanol–water partition coefficient (Wildman–Crippen LogP) is 0.690. The van der Waals surface area contributed by atoms with Crippen molar-refractivity contribution in [3.05, 3.63) is 11.9 Å². The highest BCUT2D eigenvalue weighted by Crippen LogP contribution is 2.17. The second-order valence-electron chi connectivity index (χ2n) is 6.16. The summed E-state index contributed by atoms with van der Waals surface area (Å²) in [6.45, 7) is 6.41. The third-order valence-corrected chi connectivity index (χ3v) is 4.45. The Morgan fingerprint density at radius 1 is 1.21 bits per heavy atom. The van der Waals surface area contributed by atoms with Gasteiger partial charge in [-0.2, -0.15) is 10.2 Å². The molecule has 130 valence electrons. The molecule has 2 amide bonds. The van der Waals surface area contributed by atoms with E-state index in [0.717, 1.165) is 49.2 Å². The van der Waals surface area contributed by atoms with Crippen LogP contribution in [0.25, 0.3) is 11.0 Å². The first-order chi connectivity index (χ1) is 11.6. The highest BCUT2D eigenvalue weighted by Gasteiger charge is 2.18. The molecule has 3 heterocycles. The van der Waals surface area contributed by atoms with Crippen LogP contribution in [0.1, 0.15) is 31.9 Å².